The number of aliphatic hydroxyl groups is 1. The van der Waals surface area contributed by atoms with Crippen LogP contribution in [0.15, 0.2) is 23.7 Å². The van der Waals surface area contributed by atoms with Crippen molar-refractivity contribution in [3.63, 3.8) is 0 Å². The summed E-state index contributed by atoms with van der Waals surface area (Å²) in [4.78, 5) is 0. The Kier molecular flexibility index (Phi) is 6.97. The fraction of sp³-hybridized carbons (Fsp3) is 0.636. The van der Waals surface area contributed by atoms with Crippen LogP contribution >= 0.6 is 0 Å². The summed E-state index contributed by atoms with van der Waals surface area (Å²) in [6, 6.07) is -6.10. The first kappa shape index (κ1) is 22.3. The van der Waals surface area contributed by atoms with Crippen molar-refractivity contribution in [3.05, 3.63) is 23.7 Å². The maximum Gasteiger partial charge on any atom is 0.449 e. The molecule has 0 saturated carbocycles. The number of alkyl halides is 6. The summed E-state index contributed by atoms with van der Waals surface area (Å²) in [5, 5.41) is 9.29. The van der Waals surface area contributed by atoms with Crippen LogP contribution in [0.4, 0.5) is 43.9 Å². The quantitative estimate of drug-likeness (QED) is 0.407. The Morgan fingerprint density at radius 3 is 1.29 bits per heavy atom. The van der Waals surface area contributed by atoms with Crippen molar-refractivity contribution in [1.29, 1.82) is 0 Å². The van der Waals surface area contributed by atoms with Crippen LogP contribution in [0.1, 0.15) is 20.3 Å². The molecule has 0 bridgehead atoms. The predicted molar refractivity (Wildman–Crippen MR) is 57.5 cm³/mol. The topological polar surface area (TPSA) is 38.7 Å². The van der Waals surface area contributed by atoms with Gasteiger partial charge in [0.25, 0.3) is 17.4 Å². The van der Waals surface area contributed by atoms with Gasteiger partial charge in [0, 0.05) is 6.42 Å². The third-order valence-electron chi connectivity index (χ3n) is 2.50. The van der Waals surface area contributed by atoms with E-state index in [0.717, 1.165) is 6.92 Å². The van der Waals surface area contributed by atoms with Crippen molar-refractivity contribution >= 4 is 0 Å². The molecule has 0 aliphatic rings. The molecular weight excluding hydrogens is 370 g/mol. The van der Waals surface area contributed by atoms with Gasteiger partial charge in [0.2, 0.25) is 0 Å². The maximum absolute atomic E-state index is 13.1. The Balaban J connectivity index is 5.87. The molecule has 0 rings (SSSR count). The predicted octanol–water partition coefficient (Wildman–Crippen LogP) is 4.85. The second kappa shape index (κ2) is 7.49. The highest BCUT2D eigenvalue weighted by Gasteiger charge is 2.48. The lowest BCUT2D eigenvalue weighted by atomic mass is 10.1. The van der Waals surface area contributed by atoms with Gasteiger partial charge in [-0.3, -0.25) is 0 Å². The molecule has 1 unspecified atom stereocenters. The SMILES string of the molecule is CCC(OC(F)=C(F)C(F)(F)F)(OC(F)=C(F)C(F)(F)F)C(C)O. The minimum Gasteiger partial charge on any atom is -0.423 e. The van der Waals surface area contributed by atoms with Crippen LogP contribution in [0, 0.1) is 0 Å². The first-order valence-electron chi connectivity index (χ1n) is 5.89. The standard InChI is InChI=1S/C11H10F10O3/c1-3-9(4(2)22,23-7(14)5(12)10(16,17)18)24-8(15)6(13)11(19,20)21/h4,22H,3H2,1-2H3. The largest absolute Gasteiger partial charge is 0.449 e. The van der Waals surface area contributed by atoms with Crippen molar-refractivity contribution in [2.45, 2.75) is 44.5 Å². The number of ether oxygens (including phenoxy) is 2. The molecule has 142 valence electrons. The summed E-state index contributed by atoms with van der Waals surface area (Å²) in [5.41, 5.74) is 0. The molecule has 0 aromatic carbocycles. The highest BCUT2D eigenvalue weighted by Crippen LogP contribution is 2.38. The van der Waals surface area contributed by atoms with Crippen LogP contribution in [0.5, 0.6) is 0 Å². The summed E-state index contributed by atoms with van der Waals surface area (Å²) >= 11 is 0. The van der Waals surface area contributed by atoms with Gasteiger partial charge < -0.3 is 14.6 Å². The Labute approximate surface area is 128 Å². The lowest BCUT2D eigenvalue weighted by Crippen LogP contribution is -2.45. The summed E-state index contributed by atoms with van der Waals surface area (Å²) in [5.74, 6) is -10.2. The zero-order valence-corrected chi connectivity index (χ0v) is 11.8. The van der Waals surface area contributed by atoms with E-state index in [1.54, 1.807) is 0 Å². The zero-order chi connectivity index (χ0) is 19.5. The number of hydrogen-bond donors (Lipinski definition) is 1. The van der Waals surface area contributed by atoms with Gasteiger partial charge in [-0.2, -0.15) is 43.9 Å². The third-order valence-corrected chi connectivity index (χ3v) is 2.50. The van der Waals surface area contributed by atoms with Gasteiger partial charge >= 0.3 is 24.4 Å². The van der Waals surface area contributed by atoms with Crippen LogP contribution in [0.3, 0.4) is 0 Å². The lowest BCUT2D eigenvalue weighted by Gasteiger charge is -2.34. The molecule has 24 heavy (non-hydrogen) atoms. The van der Waals surface area contributed by atoms with Crippen molar-refractivity contribution < 1.29 is 58.5 Å². The molecule has 0 aliphatic heterocycles. The van der Waals surface area contributed by atoms with Gasteiger partial charge in [-0.05, 0) is 6.92 Å². The van der Waals surface area contributed by atoms with E-state index in [0.29, 0.717) is 6.92 Å². The molecule has 1 N–H and O–H groups in total. The highest BCUT2D eigenvalue weighted by atomic mass is 19.4. The first-order chi connectivity index (χ1) is 10.6. The van der Waals surface area contributed by atoms with Crippen molar-refractivity contribution in [2.24, 2.45) is 0 Å². The van der Waals surface area contributed by atoms with Gasteiger partial charge in [-0.15, -0.1) is 0 Å². The van der Waals surface area contributed by atoms with Crippen LogP contribution in [0.2, 0.25) is 0 Å². The minimum atomic E-state index is -5.88. The Bertz CT molecular complexity index is 465. The molecule has 0 amide bonds. The Hall–Kier alpha value is -1.66. The molecular formula is C11H10F10O3. The number of rotatable bonds is 6. The summed E-state index contributed by atoms with van der Waals surface area (Å²) in [7, 11) is 0. The smallest absolute Gasteiger partial charge is 0.423 e. The number of halogens is 10. The molecule has 0 aliphatic carbocycles. The minimum absolute atomic E-state index is 0.584. The van der Waals surface area contributed by atoms with Crippen molar-refractivity contribution in [1.82, 2.24) is 0 Å². The van der Waals surface area contributed by atoms with E-state index in [-0.39, 0.29) is 0 Å². The molecule has 0 aromatic rings. The van der Waals surface area contributed by atoms with Gasteiger partial charge in [0.05, 0.1) is 0 Å². The van der Waals surface area contributed by atoms with E-state index in [1.165, 1.54) is 0 Å². The van der Waals surface area contributed by atoms with Crippen LogP contribution < -0.4 is 0 Å². The zero-order valence-electron chi connectivity index (χ0n) is 11.8. The van der Waals surface area contributed by atoms with E-state index < -0.39 is 54.3 Å². The summed E-state index contributed by atoms with van der Waals surface area (Å²) < 4.78 is 131. The van der Waals surface area contributed by atoms with Gasteiger partial charge in [-0.25, -0.2) is 0 Å². The Morgan fingerprint density at radius 2 is 1.12 bits per heavy atom. The molecule has 0 heterocycles. The summed E-state index contributed by atoms with van der Waals surface area (Å²) in [6.07, 6.45) is -15.1. The third kappa shape index (κ3) is 5.46. The van der Waals surface area contributed by atoms with Crippen LogP contribution in [-0.4, -0.2) is 29.4 Å². The number of aliphatic hydroxyl groups excluding tert-OH is 1. The molecule has 1 atom stereocenters. The fourth-order valence-corrected chi connectivity index (χ4v) is 1.25. The van der Waals surface area contributed by atoms with Crippen molar-refractivity contribution in [2.75, 3.05) is 0 Å². The molecule has 13 heteroatoms. The molecule has 0 saturated heterocycles. The van der Waals surface area contributed by atoms with E-state index in [2.05, 4.69) is 9.47 Å². The molecule has 0 spiro atoms. The lowest BCUT2D eigenvalue weighted by molar-refractivity contribution is -0.269. The molecule has 0 aromatic heterocycles. The van der Waals surface area contributed by atoms with Gasteiger partial charge in [0.1, 0.15) is 6.10 Å². The summed E-state index contributed by atoms with van der Waals surface area (Å²) in [6.45, 7) is 1.42. The number of allylic oxidation sites excluding steroid dienone is 2. The molecule has 0 fully saturated rings. The average molecular weight is 380 g/mol. The molecule has 3 nitrogen and oxygen atoms in total. The van der Waals surface area contributed by atoms with E-state index in [1.807, 2.05) is 0 Å². The fourth-order valence-electron chi connectivity index (χ4n) is 1.25. The highest BCUT2D eigenvalue weighted by molar-refractivity contribution is 5.04. The average Bonchev–Trinajstić information content (AvgIpc) is 2.42. The molecule has 0 radical (unpaired) electrons. The first-order valence-corrected chi connectivity index (χ1v) is 5.89. The van der Waals surface area contributed by atoms with E-state index in [9.17, 15) is 49.0 Å². The second-order valence-electron chi connectivity index (χ2n) is 4.22. The van der Waals surface area contributed by atoms with Gasteiger partial charge in [-0.1, -0.05) is 6.92 Å². The maximum atomic E-state index is 13.1. The normalized spacial score (nSPS) is 19.0. The van der Waals surface area contributed by atoms with Crippen molar-refractivity contribution in [3.8, 4) is 0 Å². The monoisotopic (exact) mass is 380 g/mol. The van der Waals surface area contributed by atoms with Crippen LogP contribution in [0.25, 0.3) is 0 Å². The Morgan fingerprint density at radius 1 is 0.833 bits per heavy atom. The number of hydrogen-bond acceptors (Lipinski definition) is 3. The van der Waals surface area contributed by atoms with E-state index in [4.69, 9.17) is 0 Å². The second-order valence-corrected chi connectivity index (χ2v) is 4.22. The van der Waals surface area contributed by atoms with Gasteiger partial charge in [0.15, 0.2) is 0 Å². The van der Waals surface area contributed by atoms with E-state index >= 15 is 0 Å². The van der Waals surface area contributed by atoms with Crippen LogP contribution in [-0.2, 0) is 9.47 Å².